The first-order chi connectivity index (χ1) is 14.5. The normalized spacial score (nSPS) is 28.6. The Kier molecular flexibility index (Phi) is 4.25. The van der Waals surface area contributed by atoms with Gasteiger partial charge in [0, 0.05) is 18.3 Å². The van der Waals surface area contributed by atoms with Crippen molar-refractivity contribution in [3.05, 3.63) is 60.6 Å². The number of rotatable bonds is 5. The van der Waals surface area contributed by atoms with Gasteiger partial charge < -0.3 is 24.7 Å². The molecule has 154 valence electrons. The molecule has 1 spiro atoms. The zero-order valence-corrected chi connectivity index (χ0v) is 16.3. The molecule has 2 fully saturated rings. The molecule has 30 heavy (non-hydrogen) atoms. The highest BCUT2D eigenvalue weighted by molar-refractivity contribution is 6.03. The van der Waals surface area contributed by atoms with Crippen molar-refractivity contribution in [1.29, 1.82) is 0 Å². The second kappa shape index (κ2) is 6.84. The Morgan fingerprint density at radius 1 is 1.23 bits per heavy atom. The first kappa shape index (κ1) is 18.6. The summed E-state index contributed by atoms with van der Waals surface area (Å²) in [6, 6.07) is 10.6. The van der Waals surface area contributed by atoms with Gasteiger partial charge in [-0.1, -0.05) is 12.2 Å². The Morgan fingerprint density at radius 3 is 2.73 bits per heavy atom. The predicted octanol–water partition coefficient (Wildman–Crippen LogP) is 1.84. The smallest absolute Gasteiger partial charge is 0.234 e. The lowest BCUT2D eigenvalue weighted by molar-refractivity contribution is -0.132. The maximum absolute atomic E-state index is 13.3. The number of carbonyl (C=O) groups is 3. The van der Waals surface area contributed by atoms with Crippen LogP contribution in [-0.2, 0) is 25.7 Å². The van der Waals surface area contributed by atoms with Crippen LogP contribution in [0.3, 0.4) is 0 Å². The zero-order valence-electron chi connectivity index (χ0n) is 16.3. The monoisotopic (exact) mass is 407 g/mol. The third kappa shape index (κ3) is 2.91. The third-order valence-corrected chi connectivity index (χ3v) is 5.92. The number of hydrogen-bond donors (Lipinski definition) is 2. The number of carbonyl (C=O) groups excluding carboxylic acids is 3. The highest BCUT2D eigenvalue weighted by atomic mass is 16.5. The Morgan fingerprint density at radius 2 is 2.03 bits per heavy atom. The Labute approximate surface area is 172 Å². The van der Waals surface area contributed by atoms with E-state index in [4.69, 9.17) is 9.15 Å². The molecular formula is C22H21N3O5. The number of hydrogen-bond acceptors (Lipinski definition) is 5. The lowest BCUT2D eigenvalue weighted by Crippen LogP contribution is -2.43. The topological polar surface area (TPSA) is 101 Å². The van der Waals surface area contributed by atoms with Crippen molar-refractivity contribution in [3.8, 4) is 0 Å². The van der Waals surface area contributed by atoms with Crippen LogP contribution in [0.4, 0.5) is 11.4 Å². The number of nitrogens with zero attached hydrogens (tertiary/aromatic N) is 1. The van der Waals surface area contributed by atoms with Gasteiger partial charge in [-0.2, -0.15) is 0 Å². The van der Waals surface area contributed by atoms with Gasteiger partial charge in [-0.05, 0) is 36.4 Å². The molecule has 4 unspecified atom stereocenters. The van der Waals surface area contributed by atoms with E-state index in [2.05, 4.69) is 10.6 Å². The van der Waals surface area contributed by atoms with Crippen molar-refractivity contribution in [1.82, 2.24) is 5.32 Å². The van der Waals surface area contributed by atoms with Crippen molar-refractivity contribution in [2.24, 2.45) is 11.8 Å². The van der Waals surface area contributed by atoms with E-state index in [9.17, 15) is 14.4 Å². The Bertz CT molecular complexity index is 1030. The highest BCUT2D eigenvalue weighted by Crippen LogP contribution is 2.52. The summed E-state index contributed by atoms with van der Waals surface area (Å²) >= 11 is 0. The second-order valence-electron chi connectivity index (χ2n) is 7.85. The third-order valence-electron chi connectivity index (χ3n) is 5.92. The molecule has 1 aromatic heterocycles. The minimum Gasteiger partial charge on any atom is -0.467 e. The number of amides is 3. The van der Waals surface area contributed by atoms with Crippen molar-refractivity contribution < 1.29 is 23.5 Å². The maximum atomic E-state index is 13.3. The molecule has 2 N–H and O–H groups in total. The lowest BCUT2D eigenvalue weighted by Gasteiger charge is -2.23. The summed E-state index contributed by atoms with van der Waals surface area (Å²) in [7, 11) is 0. The summed E-state index contributed by atoms with van der Waals surface area (Å²) in [6.45, 7) is 2.06. The summed E-state index contributed by atoms with van der Waals surface area (Å²) in [6.07, 6.45) is 4.95. The van der Waals surface area contributed by atoms with E-state index in [1.54, 1.807) is 47.6 Å². The summed E-state index contributed by atoms with van der Waals surface area (Å²) in [5.74, 6) is -1.01. The number of ether oxygens (including phenoxy) is 1. The standard InChI is InChI=1S/C22H21N3O5/c1-13(26)24-14-4-6-15(7-5-14)25-12-22-9-8-17(30-22)18(19(22)21(25)28)20(27)23-11-16-3-2-10-29-16/h2-10,17-19H,11-12H2,1H3,(H,23,27)(H,24,26). The molecule has 3 amide bonds. The van der Waals surface area contributed by atoms with Gasteiger partial charge in [0.2, 0.25) is 17.7 Å². The van der Waals surface area contributed by atoms with Crippen LogP contribution in [0.5, 0.6) is 0 Å². The number of benzene rings is 1. The average molecular weight is 407 g/mol. The molecule has 3 aliphatic heterocycles. The van der Waals surface area contributed by atoms with Crippen LogP contribution < -0.4 is 15.5 Å². The molecule has 1 aromatic carbocycles. The van der Waals surface area contributed by atoms with E-state index in [1.165, 1.54) is 6.92 Å². The fraction of sp³-hybridized carbons (Fsp3) is 0.318. The van der Waals surface area contributed by atoms with Crippen molar-refractivity contribution in [3.63, 3.8) is 0 Å². The van der Waals surface area contributed by atoms with E-state index in [-0.39, 0.29) is 24.3 Å². The quantitative estimate of drug-likeness (QED) is 0.737. The van der Waals surface area contributed by atoms with Crippen LogP contribution in [0.15, 0.2) is 59.2 Å². The van der Waals surface area contributed by atoms with E-state index in [0.717, 1.165) is 0 Å². The van der Waals surface area contributed by atoms with Crippen LogP contribution in [0.1, 0.15) is 12.7 Å². The van der Waals surface area contributed by atoms with Crippen molar-refractivity contribution in [2.45, 2.75) is 25.2 Å². The largest absolute Gasteiger partial charge is 0.467 e. The molecule has 2 aromatic rings. The van der Waals surface area contributed by atoms with Crippen LogP contribution in [0.2, 0.25) is 0 Å². The number of nitrogens with one attached hydrogen (secondary N) is 2. The summed E-state index contributed by atoms with van der Waals surface area (Å²) in [5, 5.41) is 5.57. The van der Waals surface area contributed by atoms with E-state index in [1.807, 2.05) is 12.2 Å². The van der Waals surface area contributed by atoms with Gasteiger partial charge in [0.05, 0.1) is 37.3 Å². The van der Waals surface area contributed by atoms with Gasteiger partial charge >= 0.3 is 0 Å². The van der Waals surface area contributed by atoms with Crippen molar-refractivity contribution in [2.75, 3.05) is 16.8 Å². The minimum atomic E-state index is -0.787. The molecule has 4 heterocycles. The van der Waals surface area contributed by atoms with Gasteiger partial charge in [0.25, 0.3) is 0 Å². The molecule has 3 aliphatic rings. The number of furan rings is 1. The van der Waals surface area contributed by atoms with Crippen LogP contribution in [0.25, 0.3) is 0 Å². The second-order valence-corrected chi connectivity index (χ2v) is 7.85. The fourth-order valence-electron chi connectivity index (χ4n) is 4.65. The van der Waals surface area contributed by atoms with Crippen molar-refractivity contribution >= 4 is 29.1 Å². The van der Waals surface area contributed by atoms with E-state index >= 15 is 0 Å². The Hall–Kier alpha value is -3.39. The summed E-state index contributed by atoms with van der Waals surface area (Å²) in [4.78, 5) is 39.1. The lowest BCUT2D eigenvalue weighted by atomic mass is 9.77. The van der Waals surface area contributed by atoms with Crippen LogP contribution in [0, 0.1) is 11.8 Å². The number of anilines is 2. The van der Waals surface area contributed by atoms with Gasteiger partial charge in [0.1, 0.15) is 11.4 Å². The first-order valence-corrected chi connectivity index (χ1v) is 9.83. The molecule has 0 aliphatic carbocycles. The van der Waals surface area contributed by atoms with E-state index in [0.29, 0.717) is 23.7 Å². The fourth-order valence-corrected chi connectivity index (χ4v) is 4.65. The van der Waals surface area contributed by atoms with Gasteiger partial charge in [-0.3, -0.25) is 14.4 Å². The van der Waals surface area contributed by atoms with Gasteiger partial charge in [0.15, 0.2) is 0 Å². The number of fused-ring (bicyclic) bond motifs is 1. The highest BCUT2D eigenvalue weighted by Gasteiger charge is 2.67. The molecule has 2 bridgehead atoms. The molecule has 2 saturated heterocycles. The molecule has 0 saturated carbocycles. The molecule has 5 rings (SSSR count). The van der Waals surface area contributed by atoms with Crippen LogP contribution >= 0.6 is 0 Å². The zero-order chi connectivity index (χ0) is 20.9. The Balaban J connectivity index is 1.35. The van der Waals surface area contributed by atoms with Gasteiger partial charge in [-0.15, -0.1) is 0 Å². The average Bonchev–Trinajstić information content (AvgIpc) is 3.48. The van der Waals surface area contributed by atoms with Crippen LogP contribution in [-0.4, -0.2) is 36.0 Å². The molecule has 4 atom stereocenters. The minimum absolute atomic E-state index is 0.132. The predicted molar refractivity (Wildman–Crippen MR) is 107 cm³/mol. The summed E-state index contributed by atoms with van der Waals surface area (Å²) in [5.41, 5.74) is 0.571. The maximum Gasteiger partial charge on any atom is 0.234 e. The summed E-state index contributed by atoms with van der Waals surface area (Å²) < 4.78 is 11.4. The SMILES string of the molecule is CC(=O)Nc1ccc(N2CC34C=CC(O3)C(C(=O)NCc3ccco3)C4C2=O)cc1. The molecule has 8 nitrogen and oxygen atoms in total. The first-order valence-electron chi connectivity index (χ1n) is 9.83. The molecular weight excluding hydrogens is 386 g/mol. The molecule has 8 heteroatoms. The molecule has 0 radical (unpaired) electrons. The van der Waals surface area contributed by atoms with E-state index < -0.39 is 23.5 Å². The van der Waals surface area contributed by atoms with Gasteiger partial charge in [-0.25, -0.2) is 0 Å².